The van der Waals surface area contributed by atoms with Gasteiger partial charge in [-0.1, -0.05) is 60.7 Å². The molecule has 100 valence electrons. The molecule has 0 radical (unpaired) electrons. The first-order valence-electron chi connectivity index (χ1n) is 7.09. The molecule has 3 nitrogen and oxygen atoms in total. The van der Waals surface area contributed by atoms with Gasteiger partial charge in [-0.05, 0) is 11.1 Å². The van der Waals surface area contributed by atoms with Crippen molar-refractivity contribution in [2.24, 2.45) is 4.99 Å². The number of benzene rings is 2. The SMILES string of the molecule is c1ccc([C@@H]2CN3C[C@H](c4ccccc4)NC3=N2)cc1. The van der Waals surface area contributed by atoms with Crippen LogP contribution in [0.2, 0.25) is 0 Å². The van der Waals surface area contributed by atoms with Crippen molar-refractivity contribution < 1.29 is 0 Å². The Bertz CT molecular complexity index is 621. The zero-order valence-electron chi connectivity index (χ0n) is 11.2. The lowest BCUT2D eigenvalue weighted by Gasteiger charge is -2.15. The monoisotopic (exact) mass is 263 g/mol. The zero-order valence-corrected chi connectivity index (χ0v) is 11.2. The molecule has 0 aromatic heterocycles. The van der Waals surface area contributed by atoms with Crippen molar-refractivity contribution in [1.29, 1.82) is 0 Å². The summed E-state index contributed by atoms with van der Waals surface area (Å²) in [5.41, 5.74) is 2.63. The second-order valence-electron chi connectivity index (χ2n) is 5.39. The first kappa shape index (κ1) is 11.5. The molecule has 1 N–H and O–H groups in total. The third kappa shape index (κ3) is 1.95. The van der Waals surface area contributed by atoms with Gasteiger partial charge < -0.3 is 10.2 Å². The first-order chi connectivity index (χ1) is 9.90. The van der Waals surface area contributed by atoms with Crippen LogP contribution in [0, 0.1) is 0 Å². The average Bonchev–Trinajstić information content (AvgIpc) is 3.08. The van der Waals surface area contributed by atoms with Crippen LogP contribution in [0.3, 0.4) is 0 Å². The van der Waals surface area contributed by atoms with Crippen molar-refractivity contribution in [2.45, 2.75) is 12.1 Å². The van der Waals surface area contributed by atoms with E-state index in [0.717, 1.165) is 19.0 Å². The summed E-state index contributed by atoms with van der Waals surface area (Å²) in [6.45, 7) is 1.99. The van der Waals surface area contributed by atoms with Crippen LogP contribution in [0.5, 0.6) is 0 Å². The first-order valence-corrected chi connectivity index (χ1v) is 7.09. The fourth-order valence-electron chi connectivity index (χ4n) is 3.01. The normalized spacial score (nSPS) is 24.2. The maximum Gasteiger partial charge on any atom is 0.195 e. The Morgan fingerprint density at radius 1 is 0.850 bits per heavy atom. The Morgan fingerprint density at radius 2 is 1.50 bits per heavy atom. The fraction of sp³-hybridized carbons (Fsp3) is 0.235. The van der Waals surface area contributed by atoms with Gasteiger partial charge in [0.1, 0.15) is 0 Å². The highest BCUT2D eigenvalue weighted by Crippen LogP contribution is 2.30. The molecule has 4 rings (SSSR count). The van der Waals surface area contributed by atoms with E-state index in [4.69, 9.17) is 4.99 Å². The Labute approximate surface area is 119 Å². The lowest BCUT2D eigenvalue weighted by atomic mass is 10.1. The molecule has 3 heteroatoms. The summed E-state index contributed by atoms with van der Waals surface area (Å²) in [4.78, 5) is 7.18. The molecule has 0 saturated carbocycles. The van der Waals surface area contributed by atoms with E-state index >= 15 is 0 Å². The van der Waals surface area contributed by atoms with Crippen LogP contribution >= 0.6 is 0 Å². The molecule has 0 amide bonds. The van der Waals surface area contributed by atoms with Crippen molar-refractivity contribution in [3.8, 4) is 0 Å². The highest BCUT2D eigenvalue weighted by atomic mass is 15.4. The molecule has 0 spiro atoms. The largest absolute Gasteiger partial charge is 0.348 e. The van der Waals surface area contributed by atoms with Crippen LogP contribution in [0.15, 0.2) is 65.7 Å². The number of nitrogens with one attached hydrogen (secondary N) is 1. The molecule has 2 aliphatic heterocycles. The van der Waals surface area contributed by atoms with Crippen molar-refractivity contribution in [3.63, 3.8) is 0 Å². The number of fused-ring (bicyclic) bond motifs is 1. The van der Waals surface area contributed by atoms with E-state index in [1.165, 1.54) is 11.1 Å². The Hall–Kier alpha value is -2.29. The zero-order chi connectivity index (χ0) is 13.4. The summed E-state index contributed by atoms with van der Waals surface area (Å²) in [5.74, 6) is 1.05. The molecule has 0 aliphatic carbocycles. The molecular weight excluding hydrogens is 246 g/mol. The van der Waals surface area contributed by atoms with E-state index in [9.17, 15) is 0 Å². The summed E-state index contributed by atoms with van der Waals surface area (Å²) in [7, 11) is 0. The molecule has 20 heavy (non-hydrogen) atoms. The van der Waals surface area contributed by atoms with Crippen LogP contribution in [0.4, 0.5) is 0 Å². The highest BCUT2D eigenvalue weighted by molar-refractivity contribution is 5.84. The number of aliphatic imine (C=N–C) groups is 1. The maximum absolute atomic E-state index is 4.83. The quantitative estimate of drug-likeness (QED) is 0.902. The van der Waals surface area contributed by atoms with Gasteiger partial charge in [-0.2, -0.15) is 0 Å². The van der Waals surface area contributed by atoms with Gasteiger partial charge >= 0.3 is 0 Å². The summed E-state index contributed by atoms with van der Waals surface area (Å²) < 4.78 is 0. The molecule has 2 aromatic rings. The van der Waals surface area contributed by atoms with E-state index in [2.05, 4.69) is 70.9 Å². The average molecular weight is 263 g/mol. The van der Waals surface area contributed by atoms with Gasteiger partial charge in [0, 0.05) is 13.1 Å². The molecule has 0 bridgehead atoms. The maximum atomic E-state index is 4.83. The molecule has 1 saturated heterocycles. The lowest BCUT2D eigenvalue weighted by Crippen LogP contribution is -2.25. The second-order valence-corrected chi connectivity index (χ2v) is 5.39. The van der Waals surface area contributed by atoms with Gasteiger partial charge in [0.15, 0.2) is 5.96 Å². The second kappa shape index (κ2) is 4.67. The fourth-order valence-corrected chi connectivity index (χ4v) is 3.01. The van der Waals surface area contributed by atoms with Gasteiger partial charge in [-0.15, -0.1) is 0 Å². The number of guanidine groups is 1. The molecule has 2 atom stereocenters. The van der Waals surface area contributed by atoms with Gasteiger partial charge in [0.05, 0.1) is 12.1 Å². The van der Waals surface area contributed by atoms with E-state index in [0.29, 0.717) is 6.04 Å². The molecule has 0 unspecified atom stereocenters. The van der Waals surface area contributed by atoms with Crippen LogP contribution < -0.4 is 5.32 Å². The third-order valence-corrected chi connectivity index (χ3v) is 4.06. The minimum absolute atomic E-state index is 0.274. The van der Waals surface area contributed by atoms with Gasteiger partial charge in [0.25, 0.3) is 0 Å². The van der Waals surface area contributed by atoms with Gasteiger partial charge in [-0.3, -0.25) is 0 Å². The van der Waals surface area contributed by atoms with E-state index < -0.39 is 0 Å². The summed E-state index contributed by atoms with van der Waals surface area (Å²) in [6.07, 6.45) is 0. The number of nitrogens with zero attached hydrogens (tertiary/aromatic N) is 2. The lowest BCUT2D eigenvalue weighted by molar-refractivity contribution is 0.433. The van der Waals surface area contributed by atoms with Crippen molar-refractivity contribution in [3.05, 3.63) is 71.8 Å². The van der Waals surface area contributed by atoms with Crippen molar-refractivity contribution in [1.82, 2.24) is 10.2 Å². The number of rotatable bonds is 2. The standard InChI is InChI=1S/C17H17N3/c1-3-7-13(8-4-1)15-11-20-12-16(19-17(20)18-15)14-9-5-2-6-10-14/h1-10,15-16H,11-12H2,(H,18,19)/t15-,16+. The van der Waals surface area contributed by atoms with Crippen molar-refractivity contribution in [2.75, 3.05) is 13.1 Å². The van der Waals surface area contributed by atoms with Gasteiger partial charge in [-0.25, -0.2) is 4.99 Å². The van der Waals surface area contributed by atoms with E-state index in [-0.39, 0.29) is 6.04 Å². The Morgan fingerprint density at radius 3 is 2.15 bits per heavy atom. The highest BCUT2D eigenvalue weighted by Gasteiger charge is 2.34. The predicted octanol–water partition coefficient (Wildman–Crippen LogP) is 2.74. The summed E-state index contributed by atoms with van der Waals surface area (Å²) >= 11 is 0. The number of hydrogen-bond acceptors (Lipinski definition) is 3. The molecule has 1 fully saturated rings. The Balaban J connectivity index is 1.53. The smallest absolute Gasteiger partial charge is 0.195 e. The molecular formula is C17H17N3. The van der Waals surface area contributed by atoms with Crippen LogP contribution in [-0.4, -0.2) is 23.9 Å². The summed E-state index contributed by atoms with van der Waals surface area (Å²) in [5, 5.41) is 3.54. The van der Waals surface area contributed by atoms with Crippen LogP contribution in [-0.2, 0) is 0 Å². The van der Waals surface area contributed by atoms with Gasteiger partial charge in [0.2, 0.25) is 0 Å². The van der Waals surface area contributed by atoms with Crippen molar-refractivity contribution >= 4 is 5.96 Å². The summed E-state index contributed by atoms with van der Waals surface area (Å²) in [6, 6.07) is 21.8. The van der Waals surface area contributed by atoms with Crippen LogP contribution in [0.25, 0.3) is 0 Å². The predicted molar refractivity (Wildman–Crippen MR) is 80.5 cm³/mol. The van der Waals surface area contributed by atoms with E-state index in [1.807, 2.05) is 0 Å². The van der Waals surface area contributed by atoms with E-state index in [1.54, 1.807) is 0 Å². The van der Waals surface area contributed by atoms with Crippen LogP contribution in [0.1, 0.15) is 23.2 Å². The minimum Gasteiger partial charge on any atom is -0.348 e. The molecule has 2 aromatic carbocycles. The third-order valence-electron chi connectivity index (χ3n) is 4.06. The molecule has 2 aliphatic rings. The number of hydrogen-bond donors (Lipinski definition) is 1. The molecule has 2 heterocycles. The Kier molecular flexibility index (Phi) is 2.69. The topological polar surface area (TPSA) is 27.6 Å². The minimum atomic E-state index is 0.274.